The van der Waals surface area contributed by atoms with Crippen molar-refractivity contribution in [2.24, 2.45) is 5.73 Å². The van der Waals surface area contributed by atoms with E-state index in [0.29, 0.717) is 16.8 Å². The van der Waals surface area contributed by atoms with Gasteiger partial charge in [0.15, 0.2) is 0 Å². The normalized spacial score (nSPS) is 12.7. The first kappa shape index (κ1) is 21.4. The van der Waals surface area contributed by atoms with E-state index in [4.69, 9.17) is 11.5 Å². The zero-order valence-corrected chi connectivity index (χ0v) is 17.5. The molecule has 0 amide bonds. The van der Waals surface area contributed by atoms with E-state index in [2.05, 4.69) is 42.9 Å². The third-order valence-electron chi connectivity index (χ3n) is 4.36. The molecule has 0 saturated heterocycles. The van der Waals surface area contributed by atoms with Crippen LogP contribution in [0.3, 0.4) is 0 Å². The van der Waals surface area contributed by atoms with Crippen LogP contribution in [0.5, 0.6) is 0 Å². The van der Waals surface area contributed by atoms with E-state index in [1.165, 1.54) is 7.11 Å². The number of nitrogen functional groups attached to an aromatic ring is 1. The minimum Gasteiger partial charge on any atom is -0.469 e. The van der Waals surface area contributed by atoms with Gasteiger partial charge in [-0.2, -0.15) is 5.10 Å². The van der Waals surface area contributed by atoms with Crippen LogP contribution in [0.1, 0.15) is 51.0 Å². The van der Waals surface area contributed by atoms with Crippen LogP contribution in [0.4, 0.5) is 5.82 Å². The van der Waals surface area contributed by atoms with Gasteiger partial charge in [-0.25, -0.2) is 4.98 Å². The molecule has 0 fully saturated rings. The summed E-state index contributed by atoms with van der Waals surface area (Å²) in [5.41, 5.74) is 13.9. The highest BCUT2D eigenvalue weighted by atomic mass is 79.9. The molecule has 0 aliphatic rings. The van der Waals surface area contributed by atoms with Crippen molar-refractivity contribution in [3.8, 4) is 0 Å². The first-order valence-electron chi connectivity index (χ1n) is 9.23. The molecule has 0 saturated carbocycles. The fourth-order valence-electron chi connectivity index (χ4n) is 2.85. The molecule has 0 aliphatic heterocycles. The number of aromatic nitrogens is 3. The van der Waals surface area contributed by atoms with Gasteiger partial charge >= 0.3 is 5.97 Å². The van der Waals surface area contributed by atoms with E-state index in [-0.39, 0.29) is 12.0 Å². The van der Waals surface area contributed by atoms with Crippen LogP contribution in [0.2, 0.25) is 0 Å². The molecule has 1 atom stereocenters. The summed E-state index contributed by atoms with van der Waals surface area (Å²) in [6, 6.07) is 0.103. The number of nitrogens with two attached hydrogens (primary N) is 2. The van der Waals surface area contributed by atoms with Crippen LogP contribution >= 0.6 is 15.9 Å². The molecular weight excluding hydrogens is 410 g/mol. The van der Waals surface area contributed by atoms with Crippen molar-refractivity contribution < 1.29 is 9.53 Å². The largest absolute Gasteiger partial charge is 0.469 e. The number of methoxy groups -OCH3 is 1. The first-order valence-corrected chi connectivity index (χ1v) is 10.0. The lowest BCUT2D eigenvalue weighted by Crippen LogP contribution is -2.18. The second-order valence-electron chi connectivity index (χ2n) is 6.68. The molecule has 2 aromatic rings. The molecule has 8 heteroatoms. The minimum atomic E-state index is -0.147. The standard InChI is InChI=1S/C19H28BrN5O2/c1-13(21)10-11-25-17-14(12-23-19(22)16(17)18(20)24-25)8-6-4-3-5-7-9-15(26)27-2/h6,8,12-13H,3-5,7,9-11,21H2,1-2H3,(H2,22,23)/b8-6+. The molecule has 0 aliphatic carbocycles. The zero-order chi connectivity index (χ0) is 19.8. The van der Waals surface area contributed by atoms with Crippen LogP contribution in [-0.2, 0) is 16.1 Å². The quantitative estimate of drug-likeness (QED) is 0.433. The molecule has 0 aromatic carbocycles. The Labute approximate surface area is 168 Å². The number of hydrogen-bond acceptors (Lipinski definition) is 6. The molecule has 7 nitrogen and oxygen atoms in total. The summed E-state index contributed by atoms with van der Waals surface area (Å²) >= 11 is 3.49. The van der Waals surface area contributed by atoms with Crippen molar-refractivity contribution in [2.45, 2.75) is 58.0 Å². The number of nitrogens with zero attached hydrogens (tertiary/aromatic N) is 3. The predicted octanol–water partition coefficient (Wildman–Crippen LogP) is 3.65. The second kappa shape index (κ2) is 10.4. The number of aryl methyl sites for hydroxylation is 1. The fraction of sp³-hybridized carbons (Fsp3) is 0.526. The lowest BCUT2D eigenvalue weighted by atomic mass is 10.1. The average molecular weight is 438 g/mol. The van der Waals surface area contributed by atoms with Crippen molar-refractivity contribution in [1.29, 1.82) is 0 Å². The molecule has 2 heterocycles. The number of unbranched alkanes of at least 4 members (excludes halogenated alkanes) is 3. The molecule has 0 spiro atoms. The highest BCUT2D eigenvalue weighted by Gasteiger charge is 2.15. The van der Waals surface area contributed by atoms with Gasteiger partial charge in [-0.3, -0.25) is 9.48 Å². The van der Waals surface area contributed by atoms with Crippen molar-refractivity contribution in [2.75, 3.05) is 12.8 Å². The van der Waals surface area contributed by atoms with E-state index in [1.54, 1.807) is 6.20 Å². The summed E-state index contributed by atoms with van der Waals surface area (Å²) in [5, 5.41) is 5.39. The first-order chi connectivity index (χ1) is 12.9. The Hall–Kier alpha value is -1.93. The lowest BCUT2D eigenvalue weighted by Gasteiger charge is -2.08. The number of anilines is 1. The molecule has 0 radical (unpaired) electrons. The van der Waals surface area contributed by atoms with Gasteiger partial charge in [-0.1, -0.05) is 18.6 Å². The Morgan fingerprint density at radius 3 is 2.89 bits per heavy atom. The SMILES string of the molecule is COC(=O)CCCCC/C=C/c1cnc(N)c2c(Br)nn(CCC(C)N)c12. The number of rotatable bonds is 10. The van der Waals surface area contributed by atoms with Gasteiger partial charge in [-0.15, -0.1) is 0 Å². The zero-order valence-electron chi connectivity index (χ0n) is 15.9. The van der Waals surface area contributed by atoms with Gasteiger partial charge < -0.3 is 16.2 Å². The van der Waals surface area contributed by atoms with Gasteiger partial charge in [0.1, 0.15) is 10.4 Å². The maximum absolute atomic E-state index is 11.1. The number of carbonyl (C=O) groups is 1. The summed E-state index contributed by atoms with van der Waals surface area (Å²) in [7, 11) is 1.42. The fourth-order valence-corrected chi connectivity index (χ4v) is 3.43. The Balaban J connectivity index is 2.06. The van der Waals surface area contributed by atoms with Crippen LogP contribution < -0.4 is 11.5 Å². The summed E-state index contributed by atoms with van der Waals surface area (Å²) in [6.07, 6.45) is 11.1. The molecule has 0 bridgehead atoms. The highest BCUT2D eigenvalue weighted by Crippen LogP contribution is 2.30. The lowest BCUT2D eigenvalue weighted by molar-refractivity contribution is -0.140. The Bertz CT molecular complexity index is 801. The predicted molar refractivity (Wildman–Crippen MR) is 112 cm³/mol. The van der Waals surface area contributed by atoms with Gasteiger partial charge in [0, 0.05) is 30.8 Å². The number of esters is 1. The summed E-state index contributed by atoms with van der Waals surface area (Å²) in [5.74, 6) is 0.315. The Morgan fingerprint density at radius 2 is 2.19 bits per heavy atom. The monoisotopic (exact) mass is 437 g/mol. The minimum absolute atomic E-state index is 0.103. The van der Waals surface area contributed by atoms with Crippen LogP contribution in [0.15, 0.2) is 16.9 Å². The van der Waals surface area contributed by atoms with Crippen LogP contribution in [0.25, 0.3) is 17.0 Å². The number of carbonyl (C=O) groups excluding carboxylic acids is 1. The topological polar surface area (TPSA) is 109 Å². The molecule has 2 rings (SSSR count). The number of allylic oxidation sites excluding steroid dienone is 1. The van der Waals surface area contributed by atoms with Gasteiger partial charge in [0.25, 0.3) is 0 Å². The molecule has 27 heavy (non-hydrogen) atoms. The Morgan fingerprint density at radius 1 is 1.41 bits per heavy atom. The maximum Gasteiger partial charge on any atom is 0.305 e. The molecular formula is C19H28BrN5O2. The second-order valence-corrected chi connectivity index (χ2v) is 7.43. The Kier molecular flexibility index (Phi) is 8.24. The van der Waals surface area contributed by atoms with E-state index < -0.39 is 0 Å². The van der Waals surface area contributed by atoms with E-state index >= 15 is 0 Å². The third kappa shape index (κ3) is 6.04. The van der Waals surface area contributed by atoms with Crippen molar-refractivity contribution in [3.05, 3.63) is 22.4 Å². The van der Waals surface area contributed by atoms with Crippen LogP contribution in [-0.4, -0.2) is 33.9 Å². The van der Waals surface area contributed by atoms with E-state index in [0.717, 1.165) is 55.1 Å². The van der Waals surface area contributed by atoms with Crippen LogP contribution in [0, 0.1) is 0 Å². The molecule has 1 unspecified atom stereocenters. The average Bonchev–Trinajstić information content (AvgIpc) is 2.98. The number of hydrogen-bond donors (Lipinski definition) is 2. The number of pyridine rings is 1. The van der Waals surface area contributed by atoms with E-state index in [1.807, 2.05) is 11.6 Å². The number of fused-ring (bicyclic) bond motifs is 1. The number of ether oxygens (including phenoxy) is 1. The third-order valence-corrected chi connectivity index (χ3v) is 4.91. The van der Waals surface area contributed by atoms with Crippen molar-refractivity contribution in [3.63, 3.8) is 0 Å². The molecule has 4 N–H and O–H groups in total. The molecule has 2 aromatic heterocycles. The summed E-state index contributed by atoms with van der Waals surface area (Å²) in [4.78, 5) is 15.4. The molecule has 148 valence electrons. The highest BCUT2D eigenvalue weighted by molar-refractivity contribution is 9.10. The number of halogens is 1. The van der Waals surface area contributed by atoms with Crippen molar-refractivity contribution >= 4 is 44.7 Å². The maximum atomic E-state index is 11.1. The summed E-state index contributed by atoms with van der Waals surface area (Å²) < 4.78 is 7.28. The van der Waals surface area contributed by atoms with E-state index in [9.17, 15) is 4.79 Å². The van der Waals surface area contributed by atoms with Crippen molar-refractivity contribution in [1.82, 2.24) is 14.8 Å². The summed E-state index contributed by atoms with van der Waals surface area (Å²) in [6.45, 7) is 2.70. The van der Waals surface area contributed by atoms with Gasteiger partial charge in [0.05, 0.1) is 18.0 Å². The van der Waals surface area contributed by atoms with Gasteiger partial charge in [-0.05, 0) is 48.5 Å². The smallest absolute Gasteiger partial charge is 0.305 e. The van der Waals surface area contributed by atoms with Gasteiger partial charge in [0.2, 0.25) is 0 Å².